The van der Waals surface area contributed by atoms with E-state index in [0.29, 0.717) is 6.04 Å². The molecule has 0 unspecified atom stereocenters. The minimum Gasteiger partial charge on any atom is -0.363 e. The molecule has 1 aliphatic heterocycles. The predicted molar refractivity (Wildman–Crippen MR) is 103 cm³/mol. The number of pyridine rings is 1. The van der Waals surface area contributed by atoms with Gasteiger partial charge in [0.25, 0.3) is 0 Å². The van der Waals surface area contributed by atoms with E-state index in [-0.39, 0.29) is 0 Å². The van der Waals surface area contributed by atoms with Crippen molar-refractivity contribution in [3.63, 3.8) is 0 Å². The maximum Gasteiger partial charge on any atom is 0.127 e. The van der Waals surface area contributed by atoms with E-state index in [0.717, 1.165) is 25.5 Å². The van der Waals surface area contributed by atoms with Crippen molar-refractivity contribution in [3.8, 4) is 0 Å². The molecule has 1 fully saturated rings. The molecule has 4 nitrogen and oxygen atoms in total. The molecular weight excluding hydrogens is 308 g/mol. The molecule has 0 atom stereocenters. The van der Waals surface area contributed by atoms with Gasteiger partial charge in [-0.1, -0.05) is 30.3 Å². The highest BCUT2D eigenvalue weighted by Crippen LogP contribution is 2.26. The van der Waals surface area contributed by atoms with Gasteiger partial charge in [0.05, 0.1) is 0 Å². The number of nitrogens with zero attached hydrogens (tertiary/aromatic N) is 4. The molecular formula is C21H28N4. The molecule has 2 aromatic rings. The fraction of sp³-hybridized carbons (Fsp3) is 0.476. The fourth-order valence-corrected chi connectivity index (χ4v) is 4.11. The third kappa shape index (κ3) is 3.70. The van der Waals surface area contributed by atoms with Crippen molar-refractivity contribution in [2.45, 2.75) is 25.4 Å². The molecule has 0 bridgehead atoms. The van der Waals surface area contributed by atoms with E-state index in [2.05, 4.69) is 51.2 Å². The lowest BCUT2D eigenvalue weighted by molar-refractivity contribution is 0.0948. The molecule has 2 aliphatic rings. The number of fused-ring (bicyclic) bond motifs is 1. The zero-order valence-corrected chi connectivity index (χ0v) is 15.4. The van der Waals surface area contributed by atoms with Gasteiger partial charge in [-0.25, -0.2) is 4.98 Å². The van der Waals surface area contributed by atoms with E-state index >= 15 is 0 Å². The second kappa shape index (κ2) is 7.14. The van der Waals surface area contributed by atoms with Crippen molar-refractivity contribution in [2.75, 3.05) is 45.2 Å². The van der Waals surface area contributed by atoms with Gasteiger partial charge in [0.1, 0.15) is 5.82 Å². The number of rotatable bonds is 4. The van der Waals surface area contributed by atoms with Crippen LogP contribution in [0.2, 0.25) is 0 Å². The number of hydrogen-bond donors (Lipinski definition) is 0. The summed E-state index contributed by atoms with van der Waals surface area (Å²) in [5.41, 5.74) is 4.43. The molecule has 0 amide bonds. The SMILES string of the molecule is CN(C)c1ccc(CN2CCN(C3Cc4ccccc4C3)CC2)cn1. The minimum atomic E-state index is 0.709. The molecule has 1 saturated heterocycles. The van der Waals surface area contributed by atoms with E-state index in [1.807, 2.05) is 25.2 Å². The first-order valence-corrected chi connectivity index (χ1v) is 9.34. The Morgan fingerprint density at radius 2 is 1.64 bits per heavy atom. The maximum absolute atomic E-state index is 4.53. The van der Waals surface area contributed by atoms with Gasteiger partial charge in [-0.05, 0) is 35.6 Å². The highest BCUT2D eigenvalue weighted by atomic mass is 15.3. The second-order valence-corrected chi connectivity index (χ2v) is 7.56. The van der Waals surface area contributed by atoms with Crippen LogP contribution >= 0.6 is 0 Å². The highest BCUT2D eigenvalue weighted by Gasteiger charge is 2.28. The lowest BCUT2D eigenvalue weighted by atomic mass is 10.1. The third-order valence-corrected chi connectivity index (χ3v) is 5.63. The zero-order chi connectivity index (χ0) is 17.2. The van der Waals surface area contributed by atoms with Gasteiger partial charge in [-0.2, -0.15) is 0 Å². The van der Waals surface area contributed by atoms with Crippen LogP contribution in [0.25, 0.3) is 0 Å². The molecule has 1 aliphatic carbocycles. The molecule has 1 aromatic carbocycles. The van der Waals surface area contributed by atoms with E-state index in [9.17, 15) is 0 Å². The van der Waals surface area contributed by atoms with E-state index in [4.69, 9.17) is 0 Å². The van der Waals surface area contributed by atoms with Crippen LogP contribution in [0.4, 0.5) is 5.82 Å². The fourth-order valence-electron chi connectivity index (χ4n) is 4.11. The van der Waals surface area contributed by atoms with Gasteiger partial charge in [-0.15, -0.1) is 0 Å². The van der Waals surface area contributed by atoms with Crippen molar-refractivity contribution in [3.05, 3.63) is 59.3 Å². The summed E-state index contributed by atoms with van der Waals surface area (Å²) in [5.74, 6) is 1.02. The smallest absolute Gasteiger partial charge is 0.127 e. The lowest BCUT2D eigenvalue weighted by Gasteiger charge is -2.38. The van der Waals surface area contributed by atoms with Crippen LogP contribution in [-0.4, -0.2) is 61.1 Å². The molecule has 25 heavy (non-hydrogen) atoms. The molecule has 2 heterocycles. The van der Waals surface area contributed by atoms with Crippen LogP contribution in [0.5, 0.6) is 0 Å². The number of anilines is 1. The number of aromatic nitrogens is 1. The first-order chi connectivity index (χ1) is 12.2. The van der Waals surface area contributed by atoms with Crippen LogP contribution in [0.1, 0.15) is 16.7 Å². The Hall–Kier alpha value is -1.91. The van der Waals surface area contributed by atoms with Crippen LogP contribution in [0.3, 0.4) is 0 Å². The van der Waals surface area contributed by atoms with Gasteiger partial charge in [0, 0.05) is 59.1 Å². The molecule has 0 spiro atoms. The molecule has 0 N–H and O–H groups in total. The number of hydrogen-bond acceptors (Lipinski definition) is 4. The number of piperazine rings is 1. The summed E-state index contributed by atoms with van der Waals surface area (Å²) in [7, 11) is 4.06. The van der Waals surface area contributed by atoms with Crippen molar-refractivity contribution in [1.82, 2.24) is 14.8 Å². The third-order valence-electron chi connectivity index (χ3n) is 5.63. The van der Waals surface area contributed by atoms with Crippen LogP contribution in [-0.2, 0) is 19.4 Å². The Labute approximate surface area is 151 Å². The zero-order valence-electron chi connectivity index (χ0n) is 15.4. The summed E-state index contributed by atoms with van der Waals surface area (Å²) in [4.78, 5) is 11.8. The summed E-state index contributed by atoms with van der Waals surface area (Å²) in [6.45, 7) is 5.69. The number of benzene rings is 1. The summed E-state index contributed by atoms with van der Waals surface area (Å²) >= 11 is 0. The molecule has 0 saturated carbocycles. The van der Waals surface area contributed by atoms with Crippen molar-refractivity contribution in [2.24, 2.45) is 0 Å². The highest BCUT2D eigenvalue weighted by molar-refractivity contribution is 5.37. The summed E-state index contributed by atoms with van der Waals surface area (Å²) in [6.07, 6.45) is 4.48. The Morgan fingerprint density at radius 3 is 2.20 bits per heavy atom. The largest absolute Gasteiger partial charge is 0.363 e. The van der Waals surface area contributed by atoms with E-state index in [1.165, 1.54) is 31.5 Å². The Kier molecular flexibility index (Phi) is 4.73. The monoisotopic (exact) mass is 336 g/mol. The molecule has 4 rings (SSSR count). The molecule has 1 aromatic heterocycles. The average Bonchev–Trinajstić information content (AvgIpc) is 3.07. The van der Waals surface area contributed by atoms with E-state index in [1.54, 1.807) is 11.1 Å². The quantitative estimate of drug-likeness (QED) is 0.855. The lowest BCUT2D eigenvalue weighted by Crippen LogP contribution is -2.50. The molecule has 4 heteroatoms. The molecule has 132 valence electrons. The average molecular weight is 336 g/mol. The Balaban J connectivity index is 1.29. The van der Waals surface area contributed by atoms with Gasteiger partial charge in [-0.3, -0.25) is 9.80 Å². The standard InChI is InChI=1S/C21H28N4/c1-23(2)21-8-7-17(15-22-21)16-24-9-11-25(12-10-24)20-13-18-5-3-4-6-19(18)14-20/h3-8,15,20H,9-14,16H2,1-2H3. The summed E-state index contributed by atoms with van der Waals surface area (Å²) in [6, 6.07) is 14.0. The van der Waals surface area contributed by atoms with Crippen LogP contribution < -0.4 is 4.90 Å². The Bertz CT molecular complexity index is 677. The molecule has 0 radical (unpaired) electrons. The predicted octanol–water partition coefficient (Wildman–Crippen LogP) is 2.43. The normalized spacial score (nSPS) is 19.1. The van der Waals surface area contributed by atoms with Crippen molar-refractivity contribution >= 4 is 5.82 Å². The van der Waals surface area contributed by atoms with Crippen molar-refractivity contribution < 1.29 is 0 Å². The first-order valence-electron chi connectivity index (χ1n) is 9.34. The summed E-state index contributed by atoms with van der Waals surface area (Å²) in [5, 5.41) is 0. The van der Waals surface area contributed by atoms with Crippen molar-refractivity contribution in [1.29, 1.82) is 0 Å². The maximum atomic E-state index is 4.53. The van der Waals surface area contributed by atoms with Crippen LogP contribution in [0.15, 0.2) is 42.6 Å². The minimum absolute atomic E-state index is 0.709. The first kappa shape index (κ1) is 16.6. The van der Waals surface area contributed by atoms with Gasteiger partial charge >= 0.3 is 0 Å². The van der Waals surface area contributed by atoms with Gasteiger partial charge in [0.15, 0.2) is 0 Å². The van der Waals surface area contributed by atoms with E-state index < -0.39 is 0 Å². The Morgan fingerprint density at radius 1 is 0.960 bits per heavy atom. The topological polar surface area (TPSA) is 22.6 Å². The van der Waals surface area contributed by atoms with Gasteiger partial charge < -0.3 is 4.90 Å². The van der Waals surface area contributed by atoms with Gasteiger partial charge in [0.2, 0.25) is 0 Å². The summed E-state index contributed by atoms with van der Waals surface area (Å²) < 4.78 is 0. The van der Waals surface area contributed by atoms with Crippen LogP contribution in [0, 0.1) is 0 Å². The second-order valence-electron chi connectivity index (χ2n) is 7.56.